The molecule has 0 radical (unpaired) electrons. The zero-order chi connectivity index (χ0) is 16.7. The highest BCUT2D eigenvalue weighted by Gasteiger charge is 2.28. The average Bonchev–Trinajstić information content (AvgIpc) is 2.55. The first-order valence-corrected chi connectivity index (χ1v) is 7.63. The summed E-state index contributed by atoms with van der Waals surface area (Å²) in [6.45, 7) is 2.06. The van der Waals surface area contributed by atoms with Gasteiger partial charge in [0.1, 0.15) is 6.61 Å². The first-order valence-electron chi connectivity index (χ1n) is 7.63. The van der Waals surface area contributed by atoms with Crippen molar-refractivity contribution in [2.75, 3.05) is 40.0 Å². The van der Waals surface area contributed by atoms with E-state index in [1.165, 1.54) is 6.07 Å². The molecule has 1 aliphatic rings. The van der Waals surface area contributed by atoms with Crippen molar-refractivity contribution in [1.29, 1.82) is 0 Å². The zero-order valence-corrected chi connectivity index (χ0v) is 14.3. The number of amides is 1. The fourth-order valence-electron chi connectivity index (χ4n) is 2.71. The number of hydrogen-bond acceptors (Lipinski definition) is 4. The topological polar surface area (TPSA) is 59.6 Å². The molecule has 5 nitrogen and oxygen atoms in total. The number of halogens is 3. The van der Waals surface area contributed by atoms with Gasteiger partial charge in [0.05, 0.1) is 13.2 Å². The molecule has 1 aromatic rings. The van der Waals surface area contributed by atoms with Gasteiger partial charge in [0.2, 0.25) is 5.91 Å². The Kier molecular flexibility index (Phi) is 9.13. The Morgan fingerprint density at radius 1 is 1.33 bits per heavy atom. The highest BCUT2D eigenvalue weighted by Crippen LogP contribution is 2.26. The van der Waals surface area contributed by atoms with Crippen LogP contribution >= 0.6 is 12.4 Å². The van der Waals surface area contributed by atoms with Crippen LogP contribution < -0.4 is 10.6 Å². The van der Waals surface area contributed by atoms with Crippen molar-refractivity contribution in [2.24, 2.45) is 0 Å². The molecule has 2 unspecified atom stereocenters. The van der Waals surface area contributed by atoms with E-state index in [1.54, 1.807) is 13.2 Å². The van der Waals surface area contributed by atoms with E-state index in [0.29, 0.717) is 25.3 Å². The van der Waals surface area contributed by atoms with Gasteiger partial charge >= 0.3 is 0 Å². The Bertz CT molecular complexity index is 534. The number of methoxy groups -OCH3 is 1. The molecule has 2 atom stereocenters. The first-order chi connectivity index (χ1) is 11.1. The second kappa shape index (κ2) is 10.6. The van der Waals surface area contributed by atoms with Gasteiger partial charge < -0.3 is 20.1 Å². The van der Waals surface area contributed by atoms with Crippen LogP contribution in [0.3, 0.4) is 0 Å². The third kappa shape index (κ3) is 5.98. The van der Waals surface area contributed by atoms with E-state index in [9.17, 15) is 13.6 Å². The largest absolute Gasteiger partial charge is 0.382 e. The van der Waals surface area contributed by atoms with Crippen molar-refractivity contribution in [3.8, 4) is 0 Å². The lowest BCUT2D eigenvalue weighted by molar-refractivity contribution is -0.127. The maximum absolute atomic E-state index is 13.5. The molecule has 1 aromatic carbocycles. The van der Waals surface area contributed by atoms with Crippen molar-refractivity contribution < 1.29 is 23.0 Å². The van der Waals surface area contributed by atoms with Crippen molar-refractivity contribution in [3.05, 3.63) is 35.4 Å². The molecule has 2 N–H and O–H groups in total. The van der Waals surface area contributed by atoms with Crippen LogP contribution in [0.2, 0.25) is 0 Å². The molecule has 0 aromatic heterocycles. The Hall–Kier alpha value is -1.28. The number of piperidine rings is 1. The normalized spacial score (nSPS) is 20.3. The van der Waals surface area contributed by atoms with E-state index in [-0.39, 0.29) is 36.9 Å². The molecule has 8 heteroatoms. The van der Waals surface area contributed by atoms with Crippen LogP contribution in [-0.4, -0.2) is 52.0 Å². The summed E-state index contributed by atoms with van der Waals surface area (Å²) in [6.07, 6.45) is 0.737. The molecular formula is C16H23ClF2N2O3. The zero-order valence-electron chi connectivity index (χ0n) is 13.5. The van der Waals surface area contributed by atoms with E-state index < -0.39 is 11.6 Å². The molecule has 2 rings (SSSR count). The number of rotatable bonds is 7. The molecule has 1 fully saturated rings. The molecule has 0 spiro atoms. The van der Waals surface area contributed by atoms with E-state index >= 15 is 0 Å². The van der Waals surface area contributed by atoms with E-state index in [1.807, 2.05) is 0 Å². The van der Waals surface area contributed by atoms with Crippen LogP contribution in [0, 0.1) is 11.6 Å². The summed E-state index contributed by atoms with van der Waals surface area (Å²) in [5.41, 5.74) is 0.691. The van der Waals surface area contributed by atoms with E-state index in [0.717, 1.165) is 19.0 Å². The van der Waals surface area contributed by atoms with Gasteiger partial charge in [0, 0.05) is 25.6 Å². The van der Waals surface area contributed by atoms with Crippen LogP contribution in [0.1, 0.15) is 17.9 Å². The summed E-state index contributed by atoms with van der Waals surface area (Å²) in [5.74, 6) is -2.03. The molecule has 1 saturated heterocycles. The predicted molar refractivity (Wildman–Crippen MR) is 88.5 cm³/mol. The lowest BCUT2D eigenvalue weighted by Gasteiger charge is -2.33. The highest BCUT2D eigenvalue weighted by molar-refractivity contribution is 5.85. The summed E-state index contributed by atoms with van der Waals surface area (Å²) in [4.78, 5) is 11.9. The molecule has 1 amide bonds. The number of benzene rings is 1. The van der Waals surface area contributed by atoms with Crippen molar-refractivity contribution in [2.45, 2.75) is 18.4 Å². The second-order valence-electron chi connectivity index (χ2n) is 5.49. The molecule has 0 aliphatic carbocycles. The summed E-state index contributed by atoms with van der Waals surface area (Å²) >= 11 is 0. The van der Waals surface area contributed by atoms with Gasteiger partial charge in [-0.1, -0.05) is 6.07 Å². The molecule has 0 saturated carbocycles. The molecule has 0 bridgehead atoms. The van der Waals surface area contributed by atoms with Crippen molar-refractivity contribution in [1.82, 2.24) is 10.6 Å². The fraction of sp³-hybridized carbons (Fsp3) is 0.562. The minimum absolute atomic E-state index is 0. The first kappa shape index (κ1) is 20.8. The molecular weight excluding hydrogens is 342 g/mol. The minimum Gasteiger partial charge on any atom is -0.382 e. The lowest BCUT2D eigenvalue weighted by atomic mass is 9.86. The lowest BCUT2D eigenvalue weighted by Crippen LogP contribution is -2.50. The number of hydrogen-bond donors (Lipinski definition) is 2. The predicted octanol–water partition coefficient (Wildman–Crippen LogP) is 1.61. The average molecular weight is 365 g/mol. The van der Waals surface area contributed by atoms with Gasteiger partial charge in [-0.15, -0.1) is 12.4 Å². The molecule has 136 valence electrons. The van der Waals surface area contributed by atoms with Crippen LogP contribution in [0.4, 0.5) is 8.78 Å². The number of nitrogens with one attached hydrogen (secondary N) is 2. The van der Waals surface area contributed by atoms with Crippen LogP contribution in [0.5, 0.6) is 0 Å². The van der Waals surface area contributed by atoms with Gasteiger partial charge in [-0.3, -0.25) is 4.79 Å². The molecule has 1 heterocycles. The quantitative estimate of drug-likeness (QED) is 0.722. The monoisotopic (exact) mass is 364 g/mol. The number of carbonyl (C=O) groups is 1. The Labute approximate surface area is 146 Å². The van der Waals surface area contributed by atoms with Gasteiger partial charge in [-0.05, 0) is 30.7 Å². The van der Waals surface area contributed by atoms with Gasteiger partial charge in [-0.25, -0.2) is 8.78 Å². The van der Waals surface area contributed by atoms with Gasteiger partial charge in [0.15, 0.2) is 11.6 Å². The summed E-state index contributed by atoms with van der Waals surface area (Å²) < 4.78 is 36.6. The standard InChI is InChI=1S/C16H22F2N2O3.ClH/c1-22-6-7-23-10-16(21)20-15-9-19-5-4-12(15)11-2-3-13(17)14(18)8-11;/h2-3,8,12,15,19H,4-7,9-10H2,1H3,(H,20,21);1H. The second-order valence-corrected chi connectivity index (χ2v) is 5.49. The maximum Gasteiger partial charge on any atom is 0.246 e. The van der Waals surface area contributed by atoms with E-state index in [2.05, 4.69) is 10.6 Å². The van der Waals surface area contributed by atoms with Gasteiger partial charge in [0.25, 0.3) is 0 Å². The third-order valence-corrected chi connectivity index (χ3v) is 3.87. The van der Waals surface area contributed by atoms with Crippen LogP contribution in [0.15, 0.2) is 18.2 Å². The summed E-state index contributed by atoms with van der Waals surface area (Å²) in [6, 6.07) is 3.72. The Morgan fingerprint density at radius 3 is 2.83 bits per heavy atom. The third-order valence-electron chi connectivity index (χ3n) is 3.87. The highest BCUT2D eigenvalue weighted by atomic mass is 35.5. The molecule has 1 aliphatic heterocycles. The summed E-state index contributed by atoms with van der Waals surface area (Å²) in [5, 5.41) is 6.09. The molecule has 24 heavy (non-hydrogen) atoms. The Morgan fingerprint density at radius 2 is 2.12 bits per heavy atom. The summed E-state index contributed by atoms with van der Waals surface area (Å²) in [7, 11) is 1.56. The fourth-order valence-corrected chi connectivity index (χ4v) is 2.71. The SMILES string of the molecule is COCCOCC(=O)NC1CNCCC1c1ccc(F)c(F)c1.Cl. The Balaban J connectivity index is 0.00000288. The van der Waals surface area contributed by atoms with Gasteiger partial charge in [-0.2, -0.15) is 0 Å². The van der Waals surface area contributed by atoms with Crippen molar-refractivity contribution >= 4 is 18.3 Å². The van der Waals surface area contributed by atoms with E-state index in [4.69, 9.17) is 9.47 Å². The number of carbonyl (C=O) groups excluding carboxylic acids is 1. The van der Waals surface area contributed by atoms with Crippen LogP contribution in [0.25, 0.3) is 0 Å². The minimum atomic E-state index is -0.867. The van der Waals surface area contributed by atoms with Crippen LogP contribution in [-0.2, 0) is 14.3 Å². The smallest absolute Gasteiger partial charge is 0.246 e. The number of ether oxygens (including phenoxy) is 2. The van der Waals surface area contributed by atoms with Crippen molar-refractivity contribution in [3.63, 3.8) is 0 Å². The maximum atomic E-state index is 13.5.